The molecule has 1 aromatic heterocycles. The van der Waals surface area contributed by atoms with Gasteiger partial charge in [0.15, 0.2) is 0 Å². The Bertz CT molecular complexity index is 799. The Morgan fingerprint density at radius 3 is 2.85 bits per heavy atom. The van der Waals surface area contributed by atoms with Gasteiger partial charge in [-0.05, 0) is 49.8 Å². The first-order valence-corrected chi connectivity index (χ1v) is 9.41. The van der Waals surface area contributed by atoms with E-state index in [1.54, 1.807) is 24.5 Å². The molecule has 2 amide bonds. The summed E-state index contributed by atoms with van der Waals surface area (Å²) in [5.41, 5.74) is 1.40. The molecule has 8 heteroatoms. The molecule has 144 valence electrons. The number of carbonyl (C=O) groups is 1. The van der Waals surface area contributed by atoms with Crippen LogP contribution in [0.25, 0.3) is 0 Å². The topological polar surface area (TPSA) is 80.2 Å². The molecular formula is C19H24FN5O2. The summed E-state index contributed by atoms with van der Waals surface area (Å²) in [6.45, 7) is 2.23. The monoisotopic (exact) mass is 373 g/mol. The van der Waals surface area contributed by atoms with Crippen molar-refractivity contribution in [3.8, 4) is 0 Å². The van der Waals surface area contributed by atoms with Crippen LogP contribution in [0, 0.1) is 11.7 Å². The van der Waals surface area contributed by atoms with Crippen LogP contribution in [-0.2, 0) is 11.3 Å². The first kappa shape index (κ1) is 17.8. The highest BCUT2D eigenvalue weighted by atomic mass is 19.1. The number of anilines is 3. The molecule has 0 bridgehead atoms. The summed E-state index contributed by atoms with van der Waals surface area (Å²) < 4.78 is 21.6. The highest BCUT2D eigenvalue weighted by Crippen LogP contribution is 2.30. The molecule has 1 aliphatic heterocycles. The number of amides is 2. The minimum atomic E-state index is -0.430. The molecule has 1 aliphatic carbocycles. The second-order valence-corrected chi connectivity index (χ2v) is 7.18. The summed E-state index contributed by atoms with van der Waals surface area (Å²) >= 11 is 0. The molecule has 4 rings (SSSR count). The zero-order chi connectivity index (χ0) is 18.6. The molecule has 1 saturated heterocycles. The molecule has 2 aliphatic rings. The Labute approximate surface area is 157 Å². The van der Waals surface area contributed by atoms with Crippen LogP contribution in [0.15, 0.2) is 30.6 Å². The van der Waals surface area contributed by atoms with Gasteiger partial charge in [0.25, 0.3) is 0 Å². The first-order valence-electron chi connectivity index (χ1n) is 9.41. The van der Waals surface area contributed by atoms with E-state index in [4.69, 9.17) is 4.74 Å². The van der Waals surface area contributed by atoms with Gasteiger partial charge in [-0.2, -0.15) is 5.10 Å². The minimum Gasteiger partial charge on any atom is -0.380 e. The standard InChI is InChI=1S/C19H24FN5O2/c20-17-8-14(5-6-18(17)21-10-16-2-1-7-27-16)23-19(26)24-15-9-22-25(12-15)11-13-3-4-13/h5-6,8-9,12-13,16,21H,1-4,7,10-11H2,(H2,23,24,26). The predicted molar refractivity (Wildman–Crippen MR) is 101 cm³/mol. The second kappa shape index (κ2) is 7.96. The molecule has 2 aromatic rings. The van der Waals surface area contributed by atoms with Crippen molar-refractivity contribution in [2.75, 3.05) is 29.1 Å². The lowest BCUT2D eigenvalue weighted by molar-refractivity contribution is 0.120. The highest BCUT2D eigenvalue weighted by molar-refractivity contribution is 5.99. The Morgan fingerprint density at radius 1 is 1.26 bits per heavy atom. The third kappa shape index (κ3) is 4.97. The number of halogens is 1. The van der Waals surface area contributed by atoms with E-state index in [1.165, 1.54) is 18.9 Å². The third-order valence-corrected chi connectivity index (χ3v) is 4.80. The van der Waals surface area contributed by atoms with Crippen LogP contribution in [0.1, 0.15) is 25.7 Å². The van der Waals surface area contributed by atoms with Gasteiger partial charge in [-0.25, -0.2) is 9.18 Å². The number of carbonyl (C=O) groups excluding carboxylic acids is 1. The molecule has 1 atom stereocenters. The summed E-state index contributed by atoms with van der Waals surface area (Å²) in [5, 5.41) is 12.6. The summed E-state index contributed by atoms with van der Waals surface area (Å²) in [5.74, 6) is 0.296. The van der Waals surface area contributed by atoms with E-state index in [9.17, 15) is 9.18 Å². The molecule has 2 fully saturated rings. The lowest BCUT2D eigenvalue weighted by atomic mass is 10.2. The summed E-state index contributed by atoms with van der Waals surface area (Å²) in [4.78, 5) is 12.1. The lowest BCUT2D eigenvalue weighted by Crippen LogP contribution is -2.20. The third-order valence-electron chi connectivity index (χ3n) is 4.80. The van der Waals surface area contributed by atoms with E-state index in [-0.39, 0.29) is 6.10 Å². The molecule has 1 saturated carbocycles. The molecule has 1 unspecified atom stereocenters. The van der Waals surface area contributed by atoms with Gasteiger partial charge in [0, 0.05) is 31.6 Å². The Hall–Kier alpha value is -2.61. The lowest BCUT2D eigenvalue weighted by Gasteiger charge is -2.13. The predicted octanol–water partition coefficient (Wildman–Crippen LogP) is 3.67. The summed E-state index contributed by atoms with van der Waals surface area (Å²) in [6, 6.07) is 4.15. The quantitative estimate of drug-likeness (QED) is 0.692. The SMILES string of the molecule is O=C(Nc1ccc(NCC2CCCO2)c(F)c1)Nc1cnn(CC2CC2)c1. The van der Waals surface area contributed by atoms with Crippen molar-refractivity contribution in [3.05, 3.63) is 36.4 Å². The van der Waals surface area contributed by atoms with Crippen molar-refractivity contribution in [3.63, 3.8) is 0 Å². The maximum Gasteiger partial charge on any atom is 0.323 e. The average Bonchev–Trinajstić information content (AvgIpc) is 3.11. The number of ether oxygens (including phenoxy) is 1. The highest BCUT2D eigenvalue weighted by Gasteiger charge is 2.22. The smallest absolute Gasteiger partial charge is 0.323 e. The molecule has 7 nitrogen and oxygen atoms in total. The van der Waals surface area contributed by atoms with Crippen molar-refractivity contribution in [2.24, 2.45) is 5.92 Å². The largest absolute Gasteiger partial charge is 0.380 e. The fraction of sp³-hybridized carbons (Fsp3) is 0.474. The number of nitrogens with one attached hydrogen (secondary N) is 3. The molecule has 2 heterocycles. The van der Waals surface area contributed by atoms with Gasteiger partial charge >= 0.3 is 6.03 Å². The van der Waals surface area contributed by atoms with Gasteiger partial charge < -0.3 is 20.7 Å². The van der Waals surface area contributed by atoms with Gasteiger partial charge in [0.05, 0.1) is 23.7 Å². The molecule has 0 radical (unpaired) electrons. The van der Waals surface area contributed by atoms with E-state index in [0.717, 1.165) is 26.0 Å². The normalized spacial score (nSPS) is 19.1. The molecular weight excluding hydrogens is 349 g/mol. The number of urea groups is 1. The van der Waals surface area contributed by atoms with Crippen LogP contribution in [0.3, 0.4) is 0 Å². The van der Waals surface area contributed by atoms with Crippen LogP contribution >= 0.6 is 0 Å². The van der Waals surface area contributed by atoms with Crippen LogP contribution in [0.2, 0.25) is 0 Å². The fourth-order valence-electron chi connectivity index (χ4n) is 3.15. The zero-order valence-corrected chi connectivity index (χ0v) is 15.1. The maximum absolute atomic E-state index is 14.2. The van der Waals surface area contributed by atoms with Gasteiger partial charge in [-0.3, -0.25) is 4.68 Å². The molecule has 1 aromatic carbocycles. The number of hydrogen-bond donors (Lipinski definition) is 3. The van der Waals surface area contributed by atoms with E-state index in [0.29, 0.717) is 29.5 Å². The Kier molecular flexibility index (Phi) is 5.24. The summed E-state index contributed by atoms with van der Waals surface area (Å²) in [7, 11) is 0. The van der Waals surface area contributed by atoms with Crippen LogP contribution in [0.4, 0.5) is 26.2 Å². The number of nitrogens with zero attached hydrogens (tertiary/aromatic N) is 2. The van der Waals surface area contributed by atoms with Crippen molar-refractivity contribution >= 4 is 23.1 Å². The Morgan fingerprint density at radius 2 is 2.11 bits per heavy atom. The van der Waals surface area contributed by atoms with Crippen molar-refractivity contribution in [1.82, 2.24) is 9.78 Å². The number of rotatable bonds is 7. The minimum absolute atomic E-state index is 0.133. The van der Waals surface area contributed by atoms with E-state index < -0.39 is 11.8 Å². The van der Waals surface area contributed by atoms with Gasteiger partial charge in [0.2, 0.25) is 0 Å². The molecule has 3 N–H and O–H groups in total. The number of benzene rings is 1. The van der Waals surface area contributed by atoms with Crippen molar-refractivity contribution in [1.29, 1.82) is 0 Å². The van der Waals surface area contributed by atoms with Crippen LogP contribution in [-0.4, -0.2) is 35.1 Å². The molecule has 0 spiro atoms. The van der Waals surface area contributed by atoms with Crippen LogP contribution < -0.4 is 16.0 Å². The van der Waals surface area contributed by atoms with Gasteiger partial charge in [-0.15, -0.1) is 0 Å². The first-order chi connectivity index (χ1) is 13.2. The fourth-order valence-corrected chi connectivity index (χ4v) is 3.15. The summed E-state index contributed by atoms with van der Waals surface area (Å²) in [6.07, 6.45) is 8.07. The number of hydrogen-bond acceptors (Lipinski definition) is 4. The van der Waals surface area contributed by atoms with Crippen molar-refractivity contribution < 1.29 is 13.9 Å². The van der Waals surface area contributed by atoms with Crippen molar-refractivity contribution in [2.45, 2.75) is 38.3 Å². The van der Waals surface area contributed by atoms with E-state index in [1.807, 2.05) is 4.68 Å². The van der Waals surface area contributed by atoms with Gasteiger partial charge in [-0.1, -0.05) is 0 Å². The zero-order valence-electron chi connectivity index (χ0n) is 15.1. The Balaban J connectivity index is 1.28. The van der Waals surface area contributed by atoms with Gasteiger partial charge in [0.1, 0.15) is 5.82 Å². The van der Waals surface area contributed by atoms with E-state index >= 15 is 0 Å². The average molecular weight is 373 g/mol. The maximum atomic E-state index is 14.2. The second-order valence-electron chi connectivity index (χ2n) is 7.18. The van der Waals surface area contributed by atoms with Crippen LogP contribution in [0.5, 0.6) is 0 Å². The molecule has 27 heavy (non-hydrogen) atoms. The van der Waals surface area contributed by atoms with E-state index in [2.05, 4.69) is 21.0 Å². The number of aromatic nitrogens is 2.